The van der Waals surface area contributed by atoms with Gasteiger partial charge in [-0.2, -0.15) is 0 Å². The smallest absolute Gasteiger partial charge is 0.362 e. The normalized spacial score (nSPS) is 24.0. The van der Waals surface area contributed by atoms with Crippen LogP contribution in [-0.2, 0) is 34.6 Å². The summed E-state index contributed by atoms with van der Waals surface area (Å²) in [6.07, 6.45) is 4.92. The summed E-state index contributed by atoms with van der Waals surface area (Å²) in [5.41, 5.74) is 1.13. The maximum atomic E-state index is 15.9. The highest BCUT2D eigenvalue weighted by atomic mass is 31.2. The number of carbonyl (C=O) groups excluding carboxylic acids is 2. The topological polar surface area (TPSA) is 110 Å². The number of amides is 1. The minimum Gasteiger partial charge on any atom is -0.477 e. The summed E-state index contributed by atoms with van der Waals surface area (Å²) in [7, 11) is -3.79. The molecule has 2 unspecified atom stereocenters. The molecule has 1 amide bonds. The first-order valence-corrected chi connectivity index (χ1v) is 16.7. The van der Waals surface area contributed by atoms with Crippen molar-refractivity contribution < 1.29 is 37.7 Å². The van der Waals surface area contributed by atoms with Crippen LogP contribution < -0.4 is 0 Å². The van der Waals surface area contributed by atoms with E-state index in [1.807, 2.05) is 30.3 Å². The van der Waals surface area contributed by atoms with Crippen molar-refractivity contribution in [1.82, 2.24) is 4.90 Å². The van der Waals surface area contributed by atoms with Crippen LogP contribution in [0, 0.1) is 17.8 Å². The average molecular weight is 582 g/mol. The van der Waals surface area contributed by atoms with E-state index in [4.69, 9.17) is 9.26 Å². The zero-order valence-electron chi connectivity index (χ0n) is 24.1. The van der Waals surface area contributed by atoms with Crippen LogP contribution in [0.1, 0.15) is 84.1 Å². The van der Waals surface area contributed by atoms with Crippen molar-refractivity contribution in [3.05, 3.63) is 35.9 Å². The Morgan fingerprint density at radius 3 is 2.38 bits per heavy atom. The molecule has 2 fully saturated rings. The number of halogens is 1. The summed E-state index contributed by atoms with van der Waals surface area (Å²) in [5, 5.41) is 9.81. The number of esters is 1. The maximum Gasteiger partial charge on any atom is 0.362 e. The standard InChI is InChI=1S/C30H45FNO7P/c1-4-27(34)38-28(22(2)3)39-40(37,18-12-11-15-23-13-7-5-8-14-23)21-26(33)32-20-25(19-30(32,31)29(35)36)24-16-9-6-10-17-24/h5,7-8,13-14,22,24-25,28H,4,6,9-12,15-21H2,1-3H3,(H,35,36)/t25-,28?,30-,40?/m1/s1. The second kappa shape index (κ2) is 14.6. The maximum absolute atomic E-state index is 15.9. The number of aliphatic carboxylic acids is 1. The lowest BCUT2D eigenvalue weighted by molar-refractivity contribution is -0.170. The molecule has 1 saturated carbocycles. The molecule has 1 aromatic carbocycles. The SMILES string of the molecule is CCC(=O)OC(OP(=O)(CCCCc1ccccc1)CC(=O)N1C[C@H](C2CCCCC2)C[C@]1(F)C(=O)O)C(C)C. The van der Waals surface area contributed by atoms with E-state index in [9.17, 15) is 24.1 Å². The summed E-state index contributed by atoms with van der Waals surface area (Å²) in [6, 6.07) is 9.82. The molecular weight excluding hydrogens is 536 g/mol. The number of aryl methyl sites for hydroxylation is 1. The second-order valence-electron chi connectivity index (χ2n) is 11.6. The number of alkyl halides is 1. The van der Waals surface area contributed by atoms with Crippen molar-refractivity contribution in [3.63, 3.8) is 0 Å². The van der Waals surface area contributed by atoms with Crippen LogP contribution in [-0.4, -0.2) is 58.8 Å². The highest BCUT2D eigenvalue weighted by Gasteiger charge is 2.56. The molecule has 1 heterocycles. The molecule has 0 radical (unpaired) electrons. The molecule has 3 rings (SSSR count). The molecule has 1 aliphatic carbocycles. The number of carboxylic acid groups (broad SMARTS) is 1. The van der Waals surface area contributed by atoms with Crippen LogP contribution in [0.15, 0.2) is 30.3 Å². The second-order valence-corrected chi connectivity index (χ2v) is 14.2. The fourth-order valence-corrected chi connectivity index (χ4v) is 8.08. The van der Waals surface area contributed by atoms with Gasteiger partial charge in [0.2, 0.25) is 19.6 Å². The van der Waals surface area contributed by atoms with Gasteiger partial charge in [-0.1, -0.05) is 83.2 Å². The third kappa shape index (κ3) is 8.62. The van der Waals surface area contributed by atoms with E-state index in [2.05, 4.69) is 0 Å². The Balaban J connectivity index is 1.77. The lowest BCUT2D eigenvalue weighted by Crippen LogP contribution is -2.50. The van der Waals surface area contributed by atoms with Gasteiger partial charge in [-0.05, 0) is 36.7 Å². The van der Waals surface area contributed by atoms with Crippen molar-refractivity contribution in [3.8, 4) is 0 Å². The summed E-state index contributed by atoms with van der Waals surface area (Å²) in [4.78, 5) is 38.4. The lowest BCUT2D eigenvalue weighted by atomic mass is 9.79. The summed E-state index contributed by atoms with van der Waals surface area (Å²) < 4.78 is 41.5. The quantitative estimate of drug-likeness (QED) is 0.0888. The average Bonchev–Trinajstić information content (AvgIpc) is 3.31. The molecule has 10 heteroatoms. The van der Waals surface area contributed by atoms with E-state index in [1.54, 1.807) is 20.8 Å². The molecule has 1 aromatic rings. The van der Waals surface area contributed by atoms with Crippen LogP contribution in [0.3, 0.4) is 0 Å². The Kier molecular flexibility index (Phi) is 11.8. The number of hydrogen-bond donors (Lipinski definition) is 1. The first-order valence-electron chi connectivity index (χ1n) is 14.7. The lowest BCUT2D eigenvalue weighted by Gasteiger charge is -2.31. The molecule has 1 saturated heterocycles. The van der Waals surface area contributed by atoms with E-state index in [0.29, 0.717) is 12.8 Å². The van der Waals surface area contributed by atoms with Gasteiger partial charge in [0.05, 0.1) is 0 Å². The number of hydrogen-bond acceptors (Lipinski definition) is 6. The molecule has 0 aromatic heterocycles. The van der Waals surface area contributed by atoms with Gasteiger partial charge in [0.15, 0.2) is 0 Å². The Labute approximate surface area is 237 Å². The van der Waals surface area contributed by atoms with Gasteiger partial charge in [0.1, 0.15) is 6.16 Å². The number of nitrogens with zero attached hydrogens (tertiary/aromatic N) is 1. The number of carbonyl (C=O) groups is 3. The van der Waals surface area contributed by atoms with E-state index >= 15 is 4.39 Å². The molecule has 0 spiro atoms. The monoisotopic (exact) mass is 581 g/mol. The summed E-state index contributed by atoms with van der Waals surface area (Å²) in [6.45, 7) is 5.12. The molecule has 4 atom stereocenters. The molecule has 2 aliphatic rings. The summed E-state index contributed by atoms with van der Waals surface area (Å²) >= 11 is 0. The number of ether oxygens (including phenoxy) is 1. The van der Waals surface area contributed by atoms with Crippen LogP contribution in [0.2, 0.25) is 0 Å². The van der Waals surface area contributed by atoms with E-state index < -0.39 is 43.5 Å². The van der Waals surface area contributed by atoms with Crippen LogP contribution in [0.25, 0.3) is 0 Å². The Bertz CT molecular complexity index is 1050. The zero-order chi connectivity index (χ0) is 29.3. The van der Waals surface area contributed by atoms with Crippen molar-refractivity contribution in [2.24, 2.45) is 17.8 Å². The van der Waals surface area contributed by atoms with Gasteiger partial charge < -0.3 is 14.7 Å². The van der Waals surface area contributed by atoms with E-state index in [1.165, 1.54) is 0 Å². The number of carboxylic acids is 1. The van der Waals surface area contributed by atoms with Crippen molar-refractivity contribution >= 4 is 25.2 Å². The number of rotatable bonds is 14. The van der Waals surface area contributed by atoms with Gasteiger partial charge in [-0.25, -0.2) is 9.18 Å². The molecule has 1 aliphatic heterocycles. The fourth-order valence-electron chi connectivity index (χ4n) is 5.79. The van der Waals surface area contributed by atoms with Crippen LogP contribution >= 0.6 is 7.37 Å². The summed E-state index contributed by atoms with van der Waals surface area (Å²) in [5.74, 6) is -6.34. The largest absolute Gasteiger partial charge is 0.477 e. The Hall–Kier alpha value is -2.25. The van der Waals surface area contributed by atoms with Gasteiger partial charge in [0.25, 0.3) is 5.79 Å². The molecule has 224 valence electrons. The number of likely N-dealkylation sites (tertiary alicyclic amines) is 1. The number of unbranched alkanes of at least 4 members (excludes halogenated alkanes) is 1. The highest BCUT2D eigenvalue weighted by Crippen LogP contribution is 2.52. The molecular formula is C30H45FNO7P. The predicted molar refractivity (Wildman–Crippen MR) is 151 cm³/mol. The van der Waals surface area contributed by atoms with Crippen LogP contribution in [0.4, 0.5) is 4.39 Å². The van der Waals surface area contributed by atoms with Crippen LogP contribution in [0.5, 0.6) is 0 Å². The van der Waals surface area contributed by atoms with Gasteiger partial charge in [-0.15, -0.1) is 0 Å². The van der Waals surface area contributed by atoms with Crippen molar-refractivity contribution in [1.29, 1.82) is 0 Å². The number of benzene rings is 1. The Morgan fingerprint density at radius 1 is 1.10 bits per heavy atom. The first-order chi connectivity index (χ1) is 19.0. The third-order valence-corrected chi connectivity index (χ3v) is 10.5. The van der Waals surface area contributed by atoms with Gasteiger partial charge in [0, 0.05) is 31.5 Å². The minimum absolute atomic E-state index is 0.0151. The third-order valence-electron chi connectivity index (χ3n) is 8.13. The van der Waals surface area contributed by atoms with Crippen molar-refractivity contribution in [2.75, 3.05) is 18.9 Å². The molecule has 8 nitrogen and oxygen atoms in total. The van der Waals surface area contributed by atoms with E-state index in [-0.39, 0.29) is 43.3 Å². The molecule has 40 heavy (non-hydrogen) atoms. The molecule has 1 N–H and O–H groups in total. The van der Waals surface area contributed by atoms with Crippen molar-refractivity contribution in [2.45, 2.75) is 97.1 Å². The zero-order valence-corrected chi connectivity index (χ0v) is 25.0. The van der Waals surface area contributed by atoms with E-state index in [0.717, 1.165) is 49.0 Å². The van der Waals surface area contributed by atoms with Gasteiger partial charge in [-0.3, -0.25) is 18.7 Å². The minimum atomic E-state index is -3.79. The molecule has 0 bridgehead atoms. The Morgan fingerprint density at radius 2 is 1.77 bits per heavy atom. The first kappa shape index (κ1) is 32.3. The fraction of sp³-hybridized carbons (Fsp3) is 0.700. The predicted octanol–water partition coefficient (Wildman–Crippen LogP) is 6.42. The highest BCUT2D eigenvalue weighted by molar-refractivity contribution is 7.59. The van der Waals surface area contributed by atoms with Gasteiger partial charge >= 0.3 is 11.9 Å².